The predicted molar refractivity (Wildman–Crippen MR) is 95.1 cm³/mol. The maximum absolute atomic E-state index is 11.1. The lowest BCUT2D eigenvalue weighted by Crippen LogP contribution is -2.37. The number of ether oxygens (including phenoxy) is 1. The second-order valence-electron chi connectivity index (χ2n) is 6.79. The van der Waals surface area contributed by atoms with Gasteiger partial charge >= 0.3 is 5.97 Å². The van der Waals surface area contributed by atoms with Crippen molar-refractivity contribution < 1.29 is 14.6 Å². The summed E-state index contributed by atoms with van der Waals surface area (Å²) in [6.45, 7) is 5.39. The average Bonchev–Trinajstić information content (AvgIpc) is 2.50. The molecule has 0 aliphatic heterocycles. The van der Waals surface area contributed by atoms with Crippen molar-refractivity contribution in [3.63, 3.8) is 0 Å². The number of carboxylic acid groups (broad SMARTS) is 1. The van der Waals surface area contributed by atoms with Crippen molar-refractivity contribution in [3.05, 3.63) is 29.8 Å². The number of unbranched alkanes of at least 4 members (excludes halogenated alkanes) is 7. The average molecular weight is 320 g/mol. The molecule has 0 heterocycles. The first-order valence-electron chi connectivity index (χ1n) is 8.97. The molecule has 0 atom stereocenters. The van der Waals surface area contributed by atoms with Crippen molar-refractivity contribution in [2.75, 3.05) is 0 Å². The molecule has 3 nitrogen and oxygen atoms in total. The third-order valence-electron chi connectivity index (χ3n) is 4.11. The van der Waals surface area contributed by atoms with Crippen molar-refractivity contribution in [1.29, 1.82) is 0 Å². The Labute approximate surface area is 141 Å². The SMILES string of the molecule is CCCCCCCCCCc1cccc(OC(C)(C)C(=O)O)c1. The third kappa shape index (κ3) is 8.06. The van der Waals surface area contributed by atoms with Gasteiger partial charge in [0.15, 0.2) is 5.60 Å². The van der Waals surface area contributed by atoms with E-state index in [2.05, 4.69) is 13.0 Å². The molecule has 0 bridgehead atoms. The van der Waals surface area contributed by atoms with E-state index >= 15 is 0 Å². The number of benzene rings is 1. The second-order valence-corrected chi connectivity index (χ2v) is 6.79. The van der Waals surface area contributed by atoms with Crippen LogP contribution in [0.25, 0.3) is 0 Å². The van der Waals surface area contributed by atoms with Gasteiger partial charge in [-0.15, -0.1) is 0 Å². The number of hydrogen-bond acceptors (Lipinski definition) is 2. The normalized spacial score (nSPS) is 11.4. The van der Waals surface area contributed by atoms with E-state index in [-0.39, 0.29) is 0 Å². The first-order chi connectivity index (χ1) is 11.0. The van der Waals surface area contributed by atoms with Crippen molar-refractivity contribution in [3.8, 4) is 5.75 Å². The topological polar surface area (TPSA) is 46.5 Å². The molecule has 0 unspecified atom stereocenters. The lowest BCUT2D eigenvalue weighted by atomic mass is 10.0. The molecule has 23 heavy (non-hydrogen) atoms. The minimum Gasteiger partial charge on any atom is -0.478 e. The summed E-state index contributed by atoms with van der Waals surface area (Å²) >= 11 is 0. The number of rotatable bonds is 12. The molecule has 1 N–H and O–H groups in total. The molecule has 0 fully saturated rings. The summed E-state index contributed by atoms with van der Waals surface area (Å²) in [5, 5.41) is 9.12. The van der Waals surface area contributed by atoms with Crippen LogP contribution in [0.15, 0.2) is 24.3 Å². The van der Waals surface area contributed by atoms with Gasteiger partial charge in [-0.3, -0.25) is 0 Å². The van der Waals surface area contributed by atoms with Gasteiger partial charge < -0.3 is 9.84 Å². The summed E-state index contributed by atoms with van der Waals surface area (Å²) in [6.07, 6.45) is 11.5. The Morgan fingerprint density at radius 2 is 1.65 bits per heavy atom. The minimum atomic E-state index is -1.20. The first kappa shape index (κ1) is 19.5. The Hall–Kier alpha value is -1.51. The highest BCUT2D eigenvalue weighted by atomic mass is 16.5. The first-order valence-corrected chi connectivity index (χ1v) is 8.97. The van der Waals surface area contributed by atoms with Crippen molar-refractivity contribution in [2.45, 2.75) is 84.2 Å². The molecule has 0 saturated heterocycles. The summed E-state index contributed by atoms with van der Waals surface area (Å²) < 4.78 is 5.59. The molecule has 0 aliphatic carbocycles. The predicted octanol–water partition coefficient (Wildman–Crippen LogP) is 5.61. The quantitative estimate of drug-likeness (QED) is 0.509. The fraction of sp³-hybridized carbons (Fsp3) is 0.650. The van der Waals surface area contributed by atoms with Crippen LogP contribution in [0, 0.1) is 0 Å². The maximum atomic E-state index is 11.1. The summed E-state index contributed by atoms with van der Waals surface area (Å²) in [5.74, 6) is -0.319. The smallest absolute Gasteiger partial charge is 0.347 e. The molecule has 0 aromatic heterocycles. The molecule has 1 aromatic rings. The van der Waals surface area contributed by atoms with Gasteiger partial charge in [0.1, 0.15) is 5.75 Å². The van der Waals surface area contributed by atoms with Crippen LogP contribution in [0.3, 0.4) is 0 Å². The van der Waals surface area contributed by atoms with Crippen LogP contribution in [-0.4, -0.2) is 16.7 Å². The van der Waals surface area contributed by atoms with Gasteiger partial charge in [-0.25, -0.2) is 4.79 Å². The van der Waals surface area contributed by atoms with Gasteiger partial charge in [-0.05, 0) is 44.4 Å². The van der Waals surface area contributed by atoms with Crippen molar-refractivity contribution >= 4 is 5.97 Å². The molecular formula is C20H32O3. The highest BCUT2D eigenvalue weighted by Crippen LogP contribution is 2.21. The van der Waals surface area contributed by atoms with E-state index in [4.69, 9.17) is 9.84 Å². The Bertz CT molecular complexity index is 466. The molecule has 0 radical (unpaired) electrons. The van der Waals surface area contributed by atoms with Crippen LogP contribution in [0.5, 0.6) is 5.75 Å². The zero-order valence-corrected chi connectivity index (χ0v) is 14.9. The Kier molecular flexibility index (Phi) is 8.75. The molecule has 0 saturated carbocycles. The fourth-order valence-corrected chi connectivity index (χ4v) is 2.57. The van der Waals surface area contributed by atoms with Gasteiger partial charge in [-0.1, -0.05) is 64.0 Å². The zero-order chi connectivity index (χ0) is 17.1. The van der Waals surface area contributed by atoms with E-state index in [1.807, 2.05) is 18.2 Å². The summed E-state index contributed by atoms with van der Waals surface area (Å²) in [5.41, 5.74) is 0.0200. The van der Waals surface area contributed by atoms with Crippen LogP contribution in [0.2, 0.25) is 0 Å². The van der Waals surface area contributed by atoms with Crippen LogP contribution < -0.4 is 4.74 Å². The number of hydrogen-bond donors (Lipinski definition) is 1. The van der Waals surface area contributed by atoms with Crippen molar-refractivity contribution in [2.24, 2.45) is 0 Å². The highest BCUT2D eigenvalue weighted by molar-refractivity contribution is 5.76. The molecular weight excluding hydrogens is 288 g/mol. The molecule has 130 valence electrons. The van der Waals surface area contributed by atoms with E-state index in [1.165, 1.54) is 56.9 Å². The standard InChI is InChI=1S/C20H32O3/c1-4-5-6-7-8-9-10-11-13-17-14-12-15-18(16-17)23-20(2,3)19(21)22/h12,14-16H,4-11,13H2,1-3H3,(H,21,22). The lowest BCUT2D eigenvalue weighted by Gasteiger charge is -2.21. The Morgan fingerprint density at radius 1 is 1.04 bits per heavy atom. The third-order valence-corrected chi connectivity index (χ3v) is 4.11. The van der Waals surface area contributed by atoms with Crippen LogP contribution >= 0.6 is 0 Å². The highest BCUT2D eigenvalue weighted by Gasteiger charge is 2.29. The van der Waals surface area contributed by atoms with E-state index in [0.717, 1.165) is 6.42 Å². The van der Waals surface area contributed by atoms with Gasteiger partial charge in [0.25, 0.3) is 0 Å². The Morgan fingerprint density at radius 3 is 2.26 bits per heavy atom. The van der Waals surface area contributed by atoms with Crippen LogP contribution in [0.1, 0.15) is 77.7 Å². The van der Waals surface area contributed by atoms with E-state index in [0.29, 0.717) is 5.75 Å². The fourth-order valence-electron chi connectivity index (χ4n) is 2.57. The van der Waals surface area contributed by atoms with Crippen molar-refractivity contribution in [1.82, 2.24) is 0 Å². The van der Waals surface area contributed by atoms with Gasteiger partial charge in [-0.2, -0.15) is 0 Å². The summed E-state index contributed by atoms with van der Waals surface area (Å²) in [6, 6.07) is 7.81. The molecule has 0 amide bonds. The van der Waals surface area contributed by atoms with E-state index in [9.17, 15) is 4.79 Å². The monoisotopic (exact) mass is 320 g/mol. The van der Waals surface area contributed by atoms with E-state index < -0.39 is 11.6 Å². The Balaban J connectivity index is 2.30. The zero-order valence-electron chi connectivity index (χ0n) is 14.9. The number of aryl methyl sites for hydroxylation is 1. The summed E-state index contributed by atoms with van der Waals surface area (Å²) in [4.78, 5) is 11.1. The second kappa shape index (κ2) is 10.3. The van der Waals surface area contributed by atoms with Crippen LogP contribution in [-0.2, 0) is 11.2 Å². The van der Waals surface area contributed by atoms with Crippen LogP contribution in [0.4, 0.5) is 0 Å². The van der Waals surface area contributed by atoms with Gasteiger partial charge in [0.2, 0.25) is 0 Å². The van der Waals surface area contributed by atoms with E-state index in [1.54, 1.807) is 13.8 Å². The molecule has 0 aliphatic rings. The maximum Gasteiger partial charge on any atom is 0.347 e. The number of aliphatic carboxylic acids is 1. The number of carbonyl (C=O) groups is 1. The number of carboxylic acids is 1. The summed E-state index contributed by atoms with van der Waals surface area (Å²) in [7, 11) is 0. The van der Waals surface area contributed by atoms with Gasteiger partial charge in [0.05, 0.1) is 0 Å². The molecule has 1 rings (SSSR count). The van der Waals surface area contributed by atoms with Gasteiger partial charge in [0, 0.05) is 0 Å². The molecule has 3 heteroatoms. The lowest BCUT2D eigenvalue weighted by molar-refractivity contribution is -0.152. The molecule has 0 spiro atoms. The largest absolute Gasteiger partial charge is 0.478 e. The molecule has 1 aromatic carbocycles. The minimum absolute atomic E-state index is 0.634.